The second kappa shape index (κ2) is 9.46. The van der Waals surface area contributed by atoms with Crippen LogP contribution in [-0.2, 0) is 14.8 Å². The van der Waals surface area contributed by atoms with Gasteiger partial charge in [-0.2, -0.15) is 4.31 Å². The van der Waals surface area contributed by atoms with E-state index in [0.717, 1.165) is 0 Å². The molecule has 0 radical (unpaired) electrons. The number of halogens is 2. The molecule has 0 atom stereocenters. The van der Waals surface area contributed by atoms with Crippen LogP contribution >= 0.6 is 34.5 Å². The molecule has 2 heterocycles. The van der Waals surface area contributed by atoms with Crippen LogP contribution in [0.25, 0.3) is 11.3 Å². The zero-order chi connectivity index (χ0) is 22.9. The second-order valence-electron chi connectivity index (χ2n) is 7.11. The minimum Gasteiger partial charge on any atom is -0.379 e. The van der Waals surface area contributed by atoms with E-state index < -0.39 is 15.9 Å². The van der Waals surface area contributed by atoms with Gasteiger partial charge in [-0.3, -0.25) is 10.1 Å². The maximum absolute atomic E-state index is 13.0. The van der Waals surface area contributed by atoms with E-state index in [9.17, 15) is 13.2 Å². The van der Waals surface area contributed by atoms with E-state index in [0.29, 0.717) is 45.2 Å². The fourth-order valence-corrected chi connectivity index (χ4v) is 5.90. The summed E-state index contributed by atoms with van der Waals surface area (Å²) in [7, 11) is -3.71. The van der Waals surface area contributed by atoms with Crippen molar-refractivity contribution in [3.8, 4) is 11.3 Å². The summed E-state index contributed by atoms with van der Waals surface area (Å²) in [5.74, 6) is -0.440. The molecule has 3 aromatic rings. The first kappa shape index (κ1) is 23.2. The Bertz CT molecular complexity index is 1270. The Labute approximate surface area is 200 Å². The van der Waals surface area contributed by atoms with Gasteiger partial charge in [0, 0.05) is 34.6 Å². The van der Waals surface area contributed by atoms with Crippen LogP contribution in [0.2, 0.25) is 10.0 Å². The van der Waals surface area contributed by atoms with Gasteiger partial charge in [0.05, 0.1) is 28.8 Å². The van der Waals surface area contributed by atoms with E-state index in [1.165, 1.54) is 27.8 Å². The summed E-state index contributed by atoms with van der Waals surface area (Å²) in [4.78, 5) is 17.4. The van der Waals surface area contributed by atoms with Crippen LogP contribution in [0.4, 0.5) is 5.13 Å². The van der Waals surface area contributed by atoms with E-state index in [4.69, 9.17) is 27.9 Å². The molecule has 32 heavy (non-hydrogen) atoms. The summed E-state index contributed by atoms with van der Waals surface area (Å²) < 4.78 is 32.5. The number of carbonyl (C=O) groups excluding carboxylic acids is 1. The Kier molecular flexibility index (Phi) is 6.85. The number of amides is 1. The fraction of sp³-hybridized carbons (Fsp3) is 0.238. The number of aromatic nitrogens is 1. The van der Waals surface area contributed by atoms with E-state index in [-0.39, 0.29) is 23.5 Å². The van der Waals surface area contributed by atoms with E-state index in [1.54, 1.807) is 36.6 Å². The van der Waals surface area contributed by atoms with Gasteiger partial charge in [-0.1, -0.05) is 29.3 Å². The van der Waals surface area contributed by atoms with Crippen LogP contribution in [-0.4, -0.2) is 49.9 Å². The molecule has 1 saturated heterocycles. The molecule has 11 heteroatoms. The minimum atomic E-state index is -3.71. The molecule has 1 aliphatic heterocycles. The van der Waals surface area contributed by atoms with Crippen molar-refractivity contribution in [3.05, 3.63) is 63.0 Å². The number of thiazole rings is 1. The predicted molar refractivity (Wildman–Crippen MR) is 126 cm³/mol. The van der Waals surface area contributed by atoms with Crippen LogP contribution in [0.3, 0.4) is 0 Å². The highest BCUT2D eigenvalue weighted by atomic mass is 35.5. The molecule has 0 bridgehead atoms. The predicted octanol–water partition coefficient (Wildman–Crippen LogP) is 4.70. The molecule has 7 nitrogen and oxygen atoms in total. The third-order valence-corrected chi connectivity index (χ3v) is 8.19. The normalized spacial score (nSPS) is 15.0. The third kappa shape index (κ3) is 4.83. The van der Waals surface area contributed by atoms with Gasteiger partial charge in [-0.05, 0) is 42.8 Å². The summed E-state index contributed by atoms with van der Waals surface area (Å²) in [6.07, 6.45) is 0. The SMILES string of the molecule is Cc1ccc(S(=O)(=O)N2CCOCC2)cc1C(=O)Nc1nc(-c2ccc(Cl)cc2Cl)cs1. The summed E-state index contributed by atoms with van der Waals surface area (Å²) >= 11 is 13.4. The Balaban J connectivity index is 1.56. The maximum Gasteiger partial charge on any atom is 0.257 e. The van der Waals surface area contributed by atoms with Gasteiger partial charge in [-0.15, -0.1) is 11.3 Å². The zero-order valence-corrected chi connectivity index (χ0v) is 20.1. The highest BCUT2D eigenvalue weighted by Gasteiger charge is 2.27. The van der Waals surface area contributed by atoms with Crippen molar-refractivity contribution >= 4 is 55.6 Å². The Morgan fingerprint density at radius 1 is 1.16 bits per heavy atom. The number of ether oxygens (including phenoxy) is 1. The lowest BCUT2D eigenvalue weighted by Gasteiger charge is -2.26. The molecular weight excluding hydrogens is 493 g/mol. The lowest BCUT2D eigenvalue weighted by molar-refractivity contribution is 0.0730. The Morgan fingerprint density at radius 2 is 1.91 bits per heavy atom. The van der Waals surface area contributed by atoms with Gasteiger partial charge in [-0.25, -0.2) is 13.4 Å². The molecule has 0 saturated carbocycles. The van der Waals surface area contributed by atoms with E-state index in [2.05, 4.69) is 10.3 Å². The molecule has 0 unspecified atom stereocenters. The number of nitrogens with one attached hydrogen (secondary N) is 1. The molecule has 1 N–H and O–H groups in total. The number of sulfonamides is 1. The number of morpholine rings is 1. The van der Waals surface area contributed by atoms with Crippen LogP contribution in [0, 0.1) is 6.92 Å². The summed E-state index contributed by atoms with van der Waals surface area (Å²) in [6.45, 7) is 3.02. The van der Waals surface area contributed by atoms with Crippen molar-refractivity contribution in [3.63, 3.8) is 0 Å². The van der Waals surface area contributed by atoms with Crippen molar-refractivity contribution in [2.24, 2.45) is 0 Å². The highest BCUT2D eigenvalue weighted by molar-refractivity contribution is 7.89. The van der Waals surface area contributed by atoms with Crippen molar-refractivity contribution in [2.75, 3.05) is 31.6 Å². The molecule has 0 aliphatic carbocycles. The van der Waals surface area contributed by atoms with E-state index in [1.807, 2.05) is 0 Å². The average Bonchev–Trinajstić information content (AvgIpc) is 3.22. The third-order valence-electron chi connectivity index (χ3n) is 4.99. The van der Waals surface area contributed by atoms with Gasteiger partial charge in [0.2, 0.25) is 10.0 Å². The standard InChI is InChI=1S/C21H19Cl2N3O4S2/c1-13-2-4-15(32(28,29)26-6-8-30-9-7-26)11-17(13)20(27)25-21-24-19(12-31-21)16-5-3-14(22)10-18(16)23/h2-5,10-12H,6-9H2,1H3,(H,24,25,27). The molecule has 2 aromatic carbocycles. The van der Waals surface area contributed by atoms with Crippen molar-refractivity contribution in [2.45, 2.75) is 11.8 Å². The quantitative estimate of drug-likeness (QED) is 0.536. The van der Waals surface area contributed by atoms with Crippen molar-refractivity contribution in [1.29, 1.82) is 0 Å². The van der Waals surface area contributed by atoms with Gasteiger partial charge in [0.25, 0.3) is 5.91 Å². The van der Waals surface area contributed by atoms with Crippen LogP contribution in [0.15, 0.2) is 46.7 Å². The summed E-state index contributed by atoms with van der Waals surface area (Å²) in [5, 5.41) is 5.87. The minimum absolute atomic E-state index is 0.0722. The fourth-order valence-electron chi connectivity index (χ4n) is 3.26. The summed E-state index contributed by atoms with van der Waals surface area (Å²) in [5.41, 5.74) is 2.22. The molecule has 168 valence electrons. The molecule has 1 aromatic heterocycles. The van der Waals surface area contributed by atoms with Crippen LogP contribution in [0.5, 0.6) is 0 Å². The number of hydrogen-bond acceptors (Lipinski definition) is 6. The van der Waals surface area contributed by atoms with Gasteiger partial charge < -0.3 is 4.74 Å². The first-order valence-corrected chi connectivity index (χ1v) is 12.7. The molecule has 4 rings (SSSR count). The number of anilines is 1. The molecule has 1 amide bonds. The first-order valence-electron chi connectivity index (χ1n) is 9.66. The largest absolute Gasteiger partial charge is 0.379 e. The smallest absolute Gasteiger partial charge is 0.257 e. The van der Waals surface area contributed by atoms with E-state index >= 15 is 0 Å². The molecule has 1 aliphatic rings. The number of aryl methyl sites for hydroxylation is 1. The second-order valence-corrected chi connectivity index (χ2v) is 10.7. The highest BCUT2D eigenvalue weighted by Crippen LogP contribution is 2.32. The number of benzene rings is 2. The van der Waals surface area contributed by atoms with Gasteiger partial charge in [0.1, 0.15) is 0 Å². The number of carbonyl (C=O) groups is 1. The van der Waals surface area contributed by atoms with Crippen LogP contribution in [0.1, 0.15) is 15.9 Å². The van der Waals surface area contributed by atoms with Crippen molar-refractivity contribution < 1.29 is 17.9 Å². The van der Waals surface area contributed by atoms with Gasteiger partial charge in [0.15, 0.2) is 5.13 Å². The summed E-state index contributed by atoms with van der Waals surface area (Å²) in [6, 6.07) is 9.64. The average molecular weight is 512 g/mol. The Morgan fingerprint density at radius 3 is 2.62 bits per heavy atom. The van der Waals surface area contributed by atoms with Crippen molar-refractivity contribution in [1.82, 2.24) is 9.29 Å². The molecule has 0 spiro atoms. The monoisotopic (exact) mass is 511 g/mol. The maximum atomic E-state index is 13.0. The lowest BCUT2D eigenvalue weighted by atomic mass is 10.1. The van der Waals surface area contributed by atoms with Crippen LogP contribution < -0.4 is 5.32 Å². The topological polar surface area (TPSA) is 88.6 Å². The molecular formula is C21H19Cl2N3O4S2. The number of hydrogen-bond donors (Lipinski definition) is 1. The van der Waals surface area contributed by atoms with Gasteiger partial charge >= 0.3 is 0 Å². The lowest BCUT2D eigenvalue weighted by Crippen LogP contribution is -2.40. The Hall–Kier alpha value is -2.01. The zero-order valence-electron chi connectivity index (χ0n) is 17.0. The number of nitrogens with zero attached hydrogens (tertiary/aromatic N) is 2. The molecule has 1 fully saturated rings. The first-order chi connectivity index (χ1) is 15.3. The number of rotatable bonds is 5.